The summed E-state index contributed by atoms with van der Waals surface area (Å²) in [6, 6.07) is 7.36. The molecule has 0 aliphatic rings. The Hall–Kier alpha value is -2.34. The predicted molar refractivity (Wildman–Crippen MR) is 100 cm³/mol. The minimum Gasteiger partial charge on any atom is -0.461 e. The molecular weight excluding hydrogens is 354 g/mol. The molecule has 1 atom stereocenters. The molecule has 0 saturated carbocycles. The van der Waals surface area contributed by atoms with Gasteiger partial charge < -0.3 is 15.0 Å². The van der Waals surface area contributed by atoms with Crippen molar-refractivity contribution in [3.63, 3.8) is 0 Å². The van der Waals surface area contributed by atoms with Crippen LogP contribution in [0.1, 0.15) is 42.5 Å². The SMILES string of the molecule is CCOC(=O)c1ncn(CC(C(N)=O)C(C)(C)c2ccc(Cl)cc2)c1C. The lowest BCUT2D eigenvalue weighted by Gasteiger charge is -2.33. The zero-order valence-corrected chi connectivity index (χ0v) is 16.2. The lowest BCUT2D eigenvalue weighted by molar-refractivity contribution is -0.124. The van der Waals surface area contributed by atoms with Gasteiger partial charge in [-0.05, 0) is 31.5 Å². The van der Waals surface area contributed by atoms with Gasteiger partial charge in [0.25, 0.3) is 0 Å². The molecule has 1 amide bonds. The lowest BCUT2D eigenvalue weighted by Crippen LogP contribution is -2.41. The Morgan fingerprint density at radius 1 is 1.31 bits per heavy atom. The van der Waals surface area contributed by atoms with E-state index in [0.717, 1.165) is 5.56 Å². The highest BCUT2D eigenvalue weighted by Crippen LogP contribution is 2.34. The van der Waals surface area contributed by atoms with Crippen LogP contribution in [-0.2, 0) is 21.5 Å². The smallest absolute Gasteiger partial charge is 0.358 e. The quantitative estimate of drug-likeness (QED) is 0.751. The molecule has 1 heterocycles. The summed E-state index contributed by atoms with van der Waals surface area (Å²) in [7, 11) is 0. The van der Waals surface area contributed by atoms with Gasteiger partial charge in [-0.3, -0.25) is 4.79 Å². The third-order valence-electron chi connectivity index (χ3n) is 4.75. The Balaban J connectivity index is 2.33. The van der Waals surface area contributed by atoms with Crippen LogP contribution in [0.25, 0.3) is 0 Å². The van der Waals surface area contributed by atoms with Crippen molar-refractivity contribution < 1.29 is 14.3 Å². The molecule has 2 aromatic rings. The molecule has 6 nitrogen and oxygen atoms in total. The highest BCUT2D eigenvalue weighted by molar-refractivity contribution is 6.30. The second-order valence-electron chi connectivity index (χ2n) is 6.73. The Morgan fingerprint density at radius 3 is 2.46 bits per heavy atom. The van der Waals surface area contributed by atoms with Gasteiger partial charge in [0.2, 0.25) is 5.91 Å². The first-order valence-electron chi connectivity index (χ1n) is 8.42. The van der Waals surface area contributed by atoms with Crippen LogP contribution in [0.4, 0.5) is 0 Å². The summed E-state index contributed by atoms with van der Waals surface area (Å²) in [5.74, 6) is -1.40. The minimum atomic E-state index is -0.531. The van der Waals surface area contributed by atoms with Crippen LogP contribution < -0.4 is 5.73 Å². The van der Waals surface area contributed by atoms with Crippen molar-refractivity contribution in [1.29, 1.82) is 0 Å². The van der Waals surface area contributed by atoms with Gasteiger partial charge in [0.15, 0.2) is 5.69 Å². The number of amides is 1. The maximum Gasteiger partial charge on any atom is 0.358 e. The second-order valence-corrected chi connectivity index (χ2v) is 7.17. The first-order chi connectivity index (χ1) is 12.2. The van der Waals surface area contributed by atoms with Crippen molar-refractivity contribution >= 4 is 23.5 Å². The number of imidazole rings is 1. The topological polar surface area (TPSA) is 87.2 Å². The van der Waals surface area contributed by atoms with Gasteiger partial charge in [0.05, 0.1) is 18.9 Å². The van der Waals surface area contributed by atoms with Crippen LogP contribution in [0.2, 0.25) is 5.02 Å². The molecule has 0 aliphatic carbocycles. The van der Waals surface area contributed by atoms with Crippen LogP contribution in [0.5, 0.6) is 0 Å². The maximum absolute atomic E-state index is 12.2. The number of nitrogens with two attached hydrogens (primary N) is 1. The van der Waals surface area contributed by atoms with E-state index in [0.29, 0.717) is 17.3 Å². The van der Waals surface area contributed by atoms with Crippen LogP contribution in [0.3, 0.4) is 0 Å². The maximum atomic E-state index is 12.2. The van der Waals surface area contributed by atoms with Crippen molar-refractivity contribution in [2.45, 2.75) is 39.7 Å². The second kappa shape index (κ2) is 7.91. The van der Waals surface area contributed by atoms with E-state index in [-0.39, 0.29) is 12.3 Å². The van der Waals surface area contributed by atoms with E-state index in [1.165, 1.54) is 6.33 Å². The number of esters is 1. The summed E-state index contributed by atoms with van der Waals surface area (Å²) in [6.45, 7) is 8.02. The monoisotopic (exact) mass is 377 g/mol. The summed E-state index contributed by atoms with van der Waals surface area (Å²) in [5.41, 5.74) is 7.02. The van der Waals surface area contributed by atoms with Gasteiger partial charge in [0.1, 0.15) is 0 Å². The molecule has 140 valence electrons. The molecule has 2 rings (SSSR count). The average Bonchev–Trinajstić information content (AvgIpc) is 2.93. The molecule has 0 spiro atoms. The Labute approximate surface area is 158 Å². The number of benzene rings is 1. The van der Waals surface area contributed by atoms with E-state index in [1.54, 1.807) is 30.5 Å². The molecule has 0 fully saturated rings. The lowest BCUT2D eigenvalue weighted by atomic mass is 9.73. The number of nitrogens with zero attached hydrogens (tertiary/aromatic N) is 2. The number of halogens is 1. The number of primary amides is 1. The van der Waals surface area contributed by atoms with Crippen LogP contribution in [0.15, 0.2) is 30.6 Å². The van der Waals surface area contributed by atoms with E-state index >= 15 is 0 Å². The largest absolute Gasteiger partial charge is 0.461 e. The fourth-order valence-corrected chi connectivity index (χ4v) is 3.10. The summed E-state index contributed by atoms with van der Waals surface area (Å²) in [6.07, 6.45) is 1.54. The number of aromatic nitrogens is 2. The number of hydrogen-bond donors (Lipinski definition) is 1. The number of hydrogen-bond acceptors (Lipinski definition) is 4. The van der Waals surface area contributed by atoms with E-state index < -0.39 is 23.2 Å². The molecule has 1 unspecified atom stereocenters. The van der Waals surface area contributed by atoms with Gasteiger partial charge in [-0.1, -0.05) is 37.6 Å². The average molecular weight is 378 g/mol. The Morgan fingerprint density at radius 2 is 1.92 bits per heavy atom. The summed E-state index contributed by atoms with van der Waals surface area (Å²) >= 11 is 5.96. The Kier molecular flexibility index (Phi) is 6.08. The molecule has 26 heavy (non-hydrogen) atoms. The molecule has 0 bridgehead atoms. The standard InChI is InChI=1S/C19H24ClN3O3/c1-5-26-18(25)16-12(2)23(11-22-16)10-15(17(21)24)19(3,4)13-6-8-14(20)9-7-13/h6-9,11,15H,5,10H2,1-4H3,(H2,21,24). The molecular formula is C19H24ClN3O3. The highest BCUT2D eigenvalue weighted by Gasteiger charge is 2.36. The number of rotatable bonds is 7. The summed E-state index contributed by atoms with van der Waals surface area (Å²) < 4.78 is 6.77. The van der Waals surface area contributed by atoms with Gasteiger partial charge in [0, 0.05) is 22.7 Å². The molecule has 1 aromatic carbocycles. The van der Waals surface area contributed by atoms with E-state index in [2.05, 4.69) is 4.98 Å². The summed E-state index contributed by atoms with van der Waals surface area (Å²) in [5, 5.41) is 0.629. The van der Waals surface area contributed by atoms with E-state index in [9.17, 15) is 9.59 Å². The molecule has 1 aromatic heterocycles. The molecule has 0 aliphatic heterocycles. The van der Waals surface area contributed by atoms with Crippen LogP contribution in [0, 0.1) is 12.8 Å². The van der Waals surface area contributed by atoms with Gasteiger partial charge in [-0.25, -0.2) is 9.78 Å². The van der Waals surface area contributed by atoms with Crippen LogP contribution in [-0.4, -0.2) is 28.0 Å². The number of ether oxygens (including phenoxy) is 1. The fourth-order valence-electron chi connectivity index (χ4n) is 2.98. The predicted octanol–water partition coefficient (Wildman–Crippen LogP) is 3.10. The van der Waals surface area contributed by atoms with Gasteiger partial charge >= 0.3 is 5.97 Å². The molecule has 7 heteroatoms. The molecule has 2 N–H and O–H groups in total. The van der Waals surface area contributed by atoms with Gasteiger partial charge in [-0.15, -0.1) is 0 Å². The van der Waals surface area contributed by atoms with Crippen molar-refractivity contribution in [3.05, 3.63) is 52.6 Å². The third-order valence-corrected chi connectivity index (χ3v) is 5.00. The van der Waals surface area contributed by atoms with E-state index in [1.807, 2.05) is 26.0 Å². The summed E-state index contributed by atoms with van der Waals surface area (Å²) in [4.78, 5) is 28.3. The normalized spacial score (nSPS) is 12.7. The fraction of sp³-hybridized carbons (Fsp3) is 0.421. The molecule has 0 saturated heterocycles. The first-order valence-corrected chi connectivity index (χ1v) is 8.80. The molecule has 0 radical (unpaired) electrons. The van der Waals surface area contributed by atoms with Crippen molar-refractivity contribution in [1.82, 2.24) is 9.55 Å². The highest BCUT2D eigenvalue weighted by atomic mass is 35.5. The van der Waals surface area contributed by atoms with Gasteiger partial charge in [-0.2, -0.15) is 0 Å². The van der Waals surface area contributed by atoms with E-state index in [4.69, 9.17) is 22.1 Å². The van der Waals surface area contributed by atoms with Crippen molar-refractivity contribution in [2.75, 3.05) is 6.61 Å². The third kappa shape index (κ3) is 4.07. The van der Waals surface area contributed by atoms with Crippen LogP contribution >= 0.6 is 11.6 Å². The number of carbonyl (C=O) groups excluding carboxylic acids is 2. The number of carbonyl (C=O) groups is 2. The van der Waals surface area contributed by atoms with Crippen molar-refractivity contribution in [2.24, 2.45) is 11.7 Å². The minimum absolute atomic E-state index is 0.249. The zero-order valence-electron chi connectivity index (χ0n) is 15.5. The van der Waals surface area contributed by atoms with Crippen molar-refractivity contribution in [3.8, 4) is 0 Å². The Bertz CT molecular complexity index is 797. The first kappa shape index (κ1) is 20.0. The zero-order chi connectivity index (χ0) is 19.5.